The van der Waals surface area contributed by atoms with Crippen LogP contribution in [0.2, 0.25) is 0 Å². The normalized spacial score (nSPS) is 10.6. The predicted molar refractivity (Wildman–Crippen MR) is 113 cm³/mol. The summed E-state index contributed by atoms with van der Waals surface area (Å²) in [7, 11) is 0. The van der Waals surface area contributed by atoms with Crippen molar-refractivity contribution < 1.29 is 14.5 Å². The third kappa shape index (κ3) is 5.22. The van der Waals surface area contributed by atoms with Crippen molar-refractivity contribution in [3.05, 3.63) is 87.2 Å². The minimum atomic E-state index is -0.410. The molecule has 0 aliphatic rings. The van der Waals surface area contributed by atoms with Gasteiger partial charge in [0.05, 0.1) is 18.1 Å². The van der Waals surface area contributed by atoms with Crippen LogP contribution in [0.1, 0.15) is 33.7 Å². The van der Waals surface area contributed by atoms with Crippen LogP contribution < -0.4 is 10.1 Å². The Bertz CT molecular complexity index is 1010. The Morgan fingerprint density at radius 3 is 2.47 bits per heavy atom. The molecule has 30 heavy (non-hydrogen) atoms. The first kappa shape index (κ1) is 21.0. The van der Waals surface area contributed by atoms with Crippen molar-refractivity contribution in [2.24, 2.45) is 0 Å². The zero-order valence-electron chi connectivity index (χ0n) is 17.0. The Morgan fingerprint density at radius 2 is 1.83 bits per heavy atom. The van der Waals surface area contributed by atoms with Crippen LogP contribution >= 0.6 is 0 Å². The topological polar surface area (TPSA) is 99.3 Å². The molecule has 3 aromatic rings. The van der Waals surface area contributed by atoms with Gasteiger partial charge in [-0.05, 0) is 50.1 Å². The third-order valence-electron chi connectivity index (χ3n) is 4.69. The summed E-state index contributed by atoms with van der Waals surface area (Å²) < 4.78 is 7.21. The number of nitrogens with zero attached hydrogens (tertiary/aromatic N) is 3. The summed E-state index contributed by atoms with van der Waals surface area (Å²) in [6.45, 7) is 4.75. The van der Waals surface area contributed by atoms with Gasteiger partial charge in [0.2, 0.25) is 0 Å². The molecule has 8 heteroatoms. The molecule has 0 fully saturated rings. The smallest absolute Gasteiger partial charge is 0.312 e. The van der Waals surface area contributed by atoms with E-state index in [0.717, 1.165) is 11.3 Å². The lowest BCUT2D eigenvalue weighted by atomic mass is 10.1. The summed E-state index contributed by atoms with van der Waals surface area (Å²) in [5, 5.41) is 18.3. The highest BCUT2D eigenvalue weighted by atomic mass is 16.6. The fourth-order valence-corrected chi connectivity index (χ4v) is 3.12. The molecule has 0 atom stereocenters. The molecule has 0 unspecified atom stereocenters. The lowest BCUT2D eigenvalue weighted by Gasteiger charge is -2.08. The maximum atomic E-state index is 12.3. The number of ether oxygens (including phenoxy) is 1. The molecule has 1 amide bonds. The quantitative estimate of drug-likeness (QED) is 0.331. The first-order chi connectivity index (χ1) is 14.5. The Hall–Kier alpha value is -3.68. The van der Waals surface area contributed by atoms with Crippen LogP contribution in [-0.2, 0) is 6.54 Å². The summed E-state index contributed by atoms with van der Waals surface area (Å²) in [5.74, 6) is 0.662. The molecule has 0 saturated heterocycles. The number of para-hydroxylation sites is 1. The van der Waals surface area contributed by atoms with E-state index in [1.54, 1.807) is 30.7 Å². The molecule has 0 spiro atoms. The fourth-order valence-electron chi connectivity index (χ4n) is 3.12. The molecule has 1 heterocycles. The van der Waals surface area contributed by atoms with Crippen LogP contribution in [-0.4, -0.2) is 33.8 Å². The predicted octanol–water partition coefficient (Wildman–Crippen LogP) is 3.66. The maximum absolute atomic E-state index is 12.3. The highest BCUT2D eigenvalue weighted by Crippen LogP contribution is 2.22. The number of aryl methyl sites for hydroxylation is 1. The van der Waals surface area contributed by atoms with E-state index in [0.29, 0.717) is 43.1 Å². The van der Waals surface area contributed by atoms with Crippen LogP contribution in [0.15, 0.2) is 54.6 Å². The minimum absolute atomic E-state index is 0.0437. The Kier molecular flexibility index (Phi) is 6.79. The van der Waals surface area contributed by atoms with Crippen molar-refractivity contribution in [2.45, 2.75) is 26.8 Å². The van der Waals surface area contributed by atoms with E-state index in [9.17, 15) is 14.9 Å². The van der Waals surface area contributed by atoms with Gasteiger partial charge < -0.3 is 10.1 Å². The largest absolute Gasteiger partial charge is 0.494 e. The summed E-state index contributed by atoms with van der Waals surface area (Å²) in [6.07, 6.45) is 0.704. The van der Waals surface area contributed by atoms with Gasteiger partial charge in [-0.25, -0.2) is 0 Å². The monoisotopic (exact) mass is 408 g/mol. The summed E-state index contributed by atoms with van der Waals surface area (Å²) in [5.41, 5.74) is 2.41. The first-order valence-electron chi connectivity index (χ1n) is 9.69. The van der Waals surface area contributed by atoms with E-state index in [-0.39, 0.29) is 11.6 Å². The highest BCUT2D eigenvalue weighted by molar-refractivity contribution is 5.94. The van der Waals surface area contributed by atoms with Crippen molar-refractivity contribution in [1.29, 1.82) is 0 Å². The lowest BCUT2D eigenvalue weighted by Crippen LogP contribution is -2.25. The Morgan fingerprint density at radius 1 is 1.13 bits per heavy atom. The van der Waals surface area contributed by atoms with Gasteiger partial charge in [0, 0.05) is 12.1 Å². The van der Waals surface area contributed by atoms with Gasteiger partial charge in [0.15, 0.2) is 0 Å². The summed E-state index contributed by atoms with van der Waals surface area (Å²) in [4.78, 5) is 23.0. The van der Waals surface area contributed by atoms with Crippen molar-refractivity contribution in [3.8, 4) is 5.75 Å². The number of aromatic nitrogens is 2. The Labute approximate surface area is 174 Å². The van der Waals surface area contributed by atoms with Crippen LogP contribution in [0, 0.1) is 24.0 Å². The van der Waals surface area contributed by atoms with Crippen molar-refractivity contribution in [3.63, 3.8) is 0 Å². The molecule has 2 aromatic carbocycles. The number of carbonyl (C=O) groups is 1. The number of hydrogen-bond donors (Lipinski definition) is 1. The molecule has 0 saturated carbocycles. The van der Waals surface area contributed by atoms with E-state index in [1.165, 1.54) is 0 Å². The van der Waals surface area contributed by atoms with Crippen LogP contribution in [0.4, 0.5) is 5.69 Å². The van der Waals surface area contributed by atoms with Crippen molar-refractivity contribution in [2.75, 3.05) is 13.2 Å². The molecular weight excluding hydrogens is 384 g/mol. The van der Waals surface area contributed by atoms with Gasteiger partial charge in [-0.2, -0.15) is 5.10 Å². The number of rotatable bonds is 9. The molecule has 0 aliphatic carbocycles. The standard InChI is InChI=1S/C22H24N4O4/c1-16-21(26(28)29)17(2)25(24-16)15-18-9-11-19(12-10-18)22(27)23-13-6-14-30-20-7-4-3-5-8-20/h3-5,7-12H,6,13-15H2,1-2H3,(H,23,27). The van der Waals surface area contributed by atoms with E-state index < -0.39 is 4.92 Å². The van der Waals surface area contributed by atoms with Gasteiger partial charge >= 0.3 is 5.69 Å². The zero-order valence-corrected chi connectivity index (χ0v) is 17.0. The maximum Gasteiger partial charge on any atom is 0.312 e. The van der Waals surface area contributed by atoms with Gasteiger partial charge in [0.25, 0.3) is 5.91 Å². The van der Waals surface area contributed by atoms with Gasteiger partial charge in [-0.15, -0.1) is 0 Å². The lowest BCUT2D eigenvalue weighted by molar-refractivity contribution is -0.386. The van der Waals surface area contributed by atoms with Crippen molar-refractivity contribution >= 4 is 11.6 Å². The number of nitrogens with one attached hydrogen (secondary N) is 1. The number of benzene rings is 2. The average molecular weight is 408 g/mol. The molecule has 8 nitrogen and oxygen atoms in total. The van der Waals surface area contributed by atoms with Crippen LogP contribution in [0.25, 0.3) is 0 Å². The summed E-state index contributed by atoms with van der Waals surface area (Å²) in [6, 6.07) is 16.7. The minimum Gasteiger partial charge on any atom is -0.494 e. The first-order valence-corrected chi connectivity index (χ1v) is 9.69. The second-order valence-electron chi connectivity index (χ2n) is 6.90. The van der Waals surface area contributed by atoms with Crippen molar-refractivity contribution in [1.82, 2.24) is 15.1 Å². The van der Waals surface area contributed by atoms with Gasteiger partial charge in [-0.1, -0.05) is 30.3 Å². The van der Waals surface area contributed by atoms with E-state index >= 15 is 0 Å². The number of amides is 1. The Balaban J connectivity index is 1.48. The molecule has 0 bridgehead atoms. The van der Waals surface area contributed by atoms with Gasteiger partial charge in [-0.3, -0.25) is 19.6 Å². The molecule has 3 rings (SSSR count). The molecular formula is C22H24N4O4. The third-order valence-corrected chi connectivity index (χ3v) is 4.69. The number of nitro groups is 1. The number of hydrogen-bond acceptors (Lipinski definition) is 5. The second-order valence-corrected chi connectivity index (χ2v) is 6.90. The van der Waals surface area contributed by atoms with E-state index in [1.807, 2.05) is 42.5 Å². The molecule has 1 aromatic heterocycles. The molecule has 0 aliphatic heterocycles. The molecule has 1 N–H and O–H groups in total. The van der Waals surface area contributed by atoms with E-state index in [2.05, 4.69) is 10.4 Å². The molecule has 156 valence electrons. The average Bonchev–Trinajstić information content (AvgIpc) is 3.02. The number of carbonyl (C=O) groups excluding carboxylic acids is 1. The molecule has 0 radical (unpaired) electrons. The second kappa shape index (κ2) is 9.69. The van der Waals surface area contributed by atoms with E-state index in [4.69, 9.17) is 4.74 Å². The van der Waals surface area contributed by atoms with Crippen LogP contribution in [0.5, 0.6) is 5.75 Å². The van der Waals surface area contributed by atoms with Gasteiger partial charge in [0.1, 0.15) is 17.1 Å². The SMILES string of the molecule is Cc1nn(Cc2ccc(C(=O)NCCCOc3ccccc3)cc2)c(C)c1[N+](=O)[O-]. The van der Waals surface area contributed by atoms with Crippen LogP contribution in [0.3, 0.4) is 0 Å². The fraction of sp³-hybridized carbons (Fsp3) is 0.273. The summed E-state index contributed by atoms with van der Waals surface area (Å²) >= 11 is 0. The zero-order chi connectivity index (χ0) is 21.5. The highest BCUT2D eigenvalue weighted by Gasteiger charge is 2.21.